The SMILES string of the molecule is C=C1CN(c2cccc(-c3ccc4cnc([C@H](CCN(C)C)NC(=O)c5ccc(C)c(S(C)(=O)=O)c5)cc4n3)n2)C[C@H](C)O1. The molecule has 0 radical (unpaired) electrons. The van der Waals surface area contributed by atoms with E-state index in [1.165, 1.54) is 6.07 Å². The van der Waals surface area contributed by atoms with E-state index in [-0.39, 0.29) is 22.5 Å². The van der Waals surface area contributed by atoms with E-state index in [1.54, 1.807) is 25.3 Å². The van der Waals surface area contributed by atoms with E-state index in [0.29, 0.717) is 43.1 Å². The molecular formula is C33H38N6O4S. The maximum Gasteiger partial charge on any atom is 0.251 e. The molecule has 44 heavy (non-hydrogen) atoms. The first-order chi connectivity index (χ1) is 20.9. The van der Waals surface area contributed by atoms with E-state index in [2.05, 4.69) is 21.8 Å². The van der Waals surface area contributed by atoms with Gasteiger partial charge in [0.2, 0.25) is 0 Å². The summed E-state index contributed by atoms with van der Waals surface area (Å²) < 4.78 is 30.2. The van der Waals surface area contributed by atoms with Crippen molar-refractivity contribution < 1.29 is 17.9 Å². The second-order valence-corrected chi connectivity index (χ2v) is 13.6. The molecule has 5 rings (SSSR count). The van der Waals surface area contributed by atoms with E-state index in [1.807, 2.05) is 62.3 Å². The molecule has 1 N–H and O–H groups in total. The topological polar surface area (TPSA) is 118 Å². The number of nitrogens with zero attached hydrogens (tertiary/aromatic N) is 5. The van der Waals surface area contributed by atoms with E-state index in [4.69, 9.17) is 14.7 Å². The number of morpholine rings is 1. The van der Waals surface area contributed by atoms with Crippen LogP contribution >= 0.6 is 0 Å². The third-order valence-electron chi connectivity index (χ3n) is 7.51. The van der Waals surface area contributed by atoms with Crippen LogP contribution < -0.4 is 10.2 Å². The Balaban J connectivity index is 1.45. The van der Waals surface area contributed by atoms with Crippen molar-refractivity contribution in [1.29, 1.82) is 0 Å². The molecule has 0 bridgehead atoms. The van der Waals surface area contributed by atoms with Gasteiger partial charge in [-0.3, -0.25) is 9.78 Å². The standard InChI is InChI=1S/C33H38N6O4S/c1-21-10-11-24(16-31(21)44(6,41)42)33(40)37-28(14-15-38(4)5)30-17-29-25(18-34-30)12-13-27(35-29)26-8-7-9-32(36-26)39-19-22(2)43-23(3)20-39/h7-13,16-18,23,28H,2,14-15,19-20H2,1,3-6H3,(H,37,40)/t23-,28-/m0/s1. The van der Waals surface area contributed by atoms with Crippen molar-refractivity contribution in [2.45, 2.75) is 37.3 Å². The number of carbonyl (C=O) groups is 1. The fourth-order valence-electron chi connectivity index (χ4n) is 5.29. The largest absolute Gasteiger partial charge is 0.492 e. The van der Waals surface area contributed by atoms with Crippen LogP contribution in [0.4, 0.5) is 5.82 Å². The third-order valence-corrected chi connectivity index (χ3v) is 8.74. The molecule has 4 heterocycles. The van der Waals surface area contributed by atoms with Gasteiger partial charge in [-0.25, -0.2) is 18.4 Å². The number of benzene rings is 1. The highest BCUT2D eigenvalue weighted by molar-refractivity contribution is 7.90. The van der Waals surface area contributed by atoms with Crippen molar-refractivity contribution in [1.82, 2.24) is 25.2 Å². The summed E-state index contributed by atoms with van der Waals surface area (Å²) in [7, 11) is 0.450. The molecule has 1 amide bonds. The number of nitrogens with one attached hydrogen (secondary N) is 1. The van der Waals surface area contributed by atoms with Gasteiger partial charge >= 0.3 is 0 Å². The molecule has 2 atom stereocenters. The zero-order valence-corrected chi connectivity index (χ0v) is 26.6. The molecule has 10 nitrogen and oxygen atoms in total. The molecule has 1 fully saturated rings. The van der Waals surface area contributed by atoms with Crippen molar-refractivity contribution in [3.63, 3.8) is 0 Å². The number of rotatable bonds is 9. The summed E-state index contributed by atoms with van der Waals surface area (Å²) in [6.07, 6.45) is 3.52. The molecule has 3 aromatic heterocycles. The van der Waals surface area contributed by atoms with Gasteiger partial charge in [-0.2, -0.15) is 0 Å². The van der Waals surface area contributed by atoms with Crippen LogP contribution in [0.2, 0.25) is 0 Å². The van der Waals surface area contributed by atoms with Crippen LogP contribution in [0.15, 0.2) is 78.0 Å². The number of amides is 1. The predicted octanol–water partition coefficient (Wildman–Crippen LogP) is 4.57. The maximum atomic E-state index is 13.4. The van der Waals surface area contributed by atoms with Crippen LogP contribution in [0.1, 0.15) is 41.0 Å². The quantitative estimate of drug-likeness (QED) is 0.289. The fourth-order valence-corrected chi connectivity index (χ4v) is 6.29. The Bertz CT molecular complexity index is 1820. The van der Waals surface area contributed by atoms with Crippen LogP contribution in [0.3, 0.4) is 0 Å². The molecule has 1 aliphatic rings. The fraction of sp³-hybridized carbons (Fsp3) is 0.333. The summed E-state index contributed by atoms with van der Waals surface area (Å²) in [4.78, 5) is 32.2. The van der Waals surface area contributed by atoms with Gasteiger partial charge in [0, 0.05) is 23.4 Å². The van der Waals surface area contributed by atoms with Crippen LogP contribution in [0.5, 0.6) is 0 Å². The number of ether oxygens (including phenoxy) is 1. The number of anilines is 1. The second-order valence-electron chi connectivity index (χ2n) is 11.6. The lowest BCUT2D eigenvalue weighted by Crippen LogP contribution is -2.40. The summed E-state index contributed by atoms with van der Waals surface area (Å²) in [5, 5.41) is 3.94. The number of hydrogen-bond donors (Lipinski definition) is 1. The first-order valence-electron chi connectivity index (χ1n) is 14.5. The number of aryl methyl sites for hydroxylation is 1. The Morgan fingerprint density at radius 2 is 1.91 bits per heavy atom. The van der Waals surface area contributed by atoms with Gasteiger partial charge < -0.3 is 19.9 Å². The zero-order valence-electron chi connectivity index (χ0n) is 25.7. The van der Waals surface area contributed by atoms with Gasteiger partial charge in [-0.15, -0.1) is 0 Å². The number of aromatic nitrogens is 3. The van der Waals surface area contributed by atoms with E-state index in [9.17, 15) is 13.2 Å². The highest BCUT2D eigenvalue weighted by atomic mass is 32.2. The van der Waals surface area contributed by atoms with Crippen molar-refractivity contribution in [3.05, 3.63) is 90.0 Å². The number of fused-ring (bicyclic) bond motifs is 1. The van der Waals surface area contributed by atoms with Gasteiger partial charge in [0.05, 0.1) is 46.6 Å². The smallest absolute Gasteiger partial charge is 0.251 e. The number of carbonyl (C=O) groups excluding carboxylic acids is 1. The van der Waals surface area contributed by atoms with Gasteiger partial charge in [-0.05, 0) is 88.9 Å². The van der Waals surface area contributed by atoms with Crippen molar-refractivity contribution in [2.75, 3.05) is 44.9 Å². The zero-order chi connectivity index (χ0) is 31.6. The summed E-state index contributed by atoms with van der Waals surface area (Å²) in [5.74, 6) is 1.18. The van der Waals surface area contributed by atoms with Crippen molar-refractivity contribution in [3.8, 4) is 11.4 Å². The third kappa shape index (κ3) is 7.23. The van der Waals surface area contributed by atoms with Crippen LogP contribution in [-0.4, -0.2) is 80.3 Å². The lowest BCUT2D eigenvalue weighted by molar-refractivity contribution is 0.0931. The molecule has 1 saturated heterocycles. The Labute approximate surface area is 258 Å². The Morgan fingerprint density at radius 1 is 1.14 bits per heavy atom. The van der Waals surface area contributed by atoms with Gasteiger partial charge in [-0.1, -0.05) is 18.7 Å². The summed E-state index contributed by atoms with van der Waals surface area (Å²) >= 11 is 0. The monoisotopic (exact) mass is 614 g/mol. The molecule has 11 heteroatoms. The minimum absolute atomic E-state index is 0.0279. The summed E-state index contributed by atoms with van der Waals surface area (Å²) in [6.45, 7) is 9.71. The van der Waals surface area contributed by atoms with Gasteiger partial charge in [0.25, 0.3) is 5.91 Å². The first kappa shape index (κ1) is 31.1. The first-order valence-corrected chi connectivity index (χ1v) is 16.4. The van der Waals surface area contributed by atoms with Crippen molar-refractivity contribution in [2.24, 2.45) is 0 Å². The predicted molar refractivity (Wildman–Crippen MR) is 172 cm³/mol. The van der Waals surface area contributed by atoms with E-state index in [0.717, 1.165) is 34.4 Å². The number of hydrogen-bond acceptors (Lipinski definition) is 9. The molecule has 1 aromatic carbocycles. The highest BCUT2D eigenvalue weighted by Gasteiger charge is 2.23. The van der Waals surface area contributed by atoms with Gasteiger partial charge in [0.15, 0.2) is 9.84 Å². The molecule has 230 valence electrons. The van der Waals surface area contributed by atoms with Crippen LogP contribution in [-0.2, 0) is 14.6 Å². The lowest BCUT2D eigenvalue weighted by atomic mass is 10.1. The number of sulfone groups is 1. The highest BCUT2D eigenvalue weighted by Crippen LogP contribution is 2.26. The van der Waals surface area contributed by atoms with Crippen LogP contribution in [0, 0.1) is 6.92 Å². The average molecular weight is 615 g/mol. The summed E-state index contributed by atoms with van der Waals surface area (Å²) in [6, 6.07) is 16.0. The Hall–Kier alpha value is -4.35. The minimum Gasteiger partial charge on any atom is -0.492 e. The van der Waals surface area contributed by atoms with Crippen LogP contribution in [0.25, 0.3) is 22.3 Å². The lowest BCUT2D eigenvalue weighted by Gasteiger charge is -2.33. The minimum atomic E-state index is -3.48. The molecule has 0 spiro atoms. The number of pyridine rings is 3. The molecule has 1 aliphatic heterocycles. The normalized spacial score (nSPS) is 16.2. The molecular weight excluding hydrogens is 576 g/mol. The Morgan fingerprint density at radius 3 is 2.64 bits per heavy atom. The second kappa shape index (κ2) is 12.7. The Kier molecular flexibility index (Phi) is 8.98. The van der Waals surface area contributed by atoms with E-state index < -0.39 is 15.9 Å². The molecule has 0 saturated carbocycles. The maximum absolute atomic E-state index is 13.4. The molecule has 0 aliphatic carbocycles. The van der Waals surface area contributed by atoms with E-state index >= 15 is 0 Å². The molecule has 0 unspecified atom stereocenters. The molecule has 4 aromatic rings. The summed E-state index contributed by atoms with van der Waals surface area (Å²) in [5.41, 5.74) is 3.72. The average Bonchev–Trinajstić information content (AvgIpc) is 2.97. The van der Waals surface area contributed by atoms with Gasteiger partial charge in [0.1, 0.15) is 17.7 Å². The van der Waals surface area contributed by atoms with Crippen molar-refractivity contribution >= 4 is 32.5 Å².